The summed E-state index contributed by atoms with van der Waals surface area (Å²) in [7, 11) is 3.55. The number of carbonyl (C=O) groups is 2. The normalized spacial score (nSPS) is 28.3. The minimum atomic E-state index is -0.0233. The fourth-order valence-corrected chi connectivity index (χ4v) is 3.97. The van der Waals surface area contributed by atoms with Crippen LogP contribution in [-0.2, 0) is 11.8 Å². The molecule has 1 N–H and O–H groups in total. The van der Waals surface area contributed by atoms with Gasteiger partial charge in [-0.1, -0.05) is 6.42 Å². The fourth-order valence-electron chi connectivity index (χ4n) is 3.97. The van der Waals surface area contributed by atoms with Crippen molar-refractivity contribution in [3.8, 4) is 0 Å². The summed E-state index contributed by atoms with van der Waals surface area (Å²) in [6.07, 6.45) is 7.36. The minimum Gasteiger partial charge on any atom is -0.359 e. The van der Waals surface area contributed by atoms with Crippen LogP contribution >= 0.6 is 0 Å². The number of nitrogens with zero attached hydrogens (tertiary/aromatic N) is 3. The van der Waals surface area contributed by atoms with Crippen molar-refractivity contribution in [2.24, 2.45) is 18.4 Å². The second kappa shape index (κ2) is 5.16. The molecule has 3 rings (SSSR count). The summed E-state index contributed by atoms with van der Waals surface area (Å²) in [5.74, 6) is 0.152. The molecule has 2 aliphatic rings. The fraction of sp³-hybridized carbons (Fsp3) is 0.667. The van der Waals surface area contributed by atoms with E-state index in [-0.39, 0.29) is 23.1 Å². The Morgan fingerprint density at radius 3 is 2.90 bits per heavy atom. The highest BCUT2D eigenvalue weighted by Gasteiger charge is 2.51. The first kappa shape index (κ1) is 14.1. The number of imidazole rings is 1. The van der Waals surface area contributed by atoms with Gasteiger partial charge >= 0.3 is 0 Å². The lowest BCUT2D eigenvalue weighted by atomic mass is 9.76. The van der Waals surface area contributed by atoms with Crippen molar-refractivity contribution in [3.63, 3.8) is 0 Å². The van der Waals surface area contributed by atoms with E-state index in [1.54, 1.807) is 24.1 Å². The van der Waals surface area contributed by atoms with Crippen LogP contribution in [0, 0.1) is 11.3 Å². The van der Waals surface area contributed by atoms with Crippen LogP contribution < -0.4 is 5.32 Å². The molecule has 1 saturated carbocycles. The SMILES string of the molecule is CNC(=O)[C@@H]1CCC[C@]12CCN(C(=O)c1cn(C)cn1)C2. The van der Waals surface area contributed by atoms with Gasteiger partial charge in [-0.25, -0.2) is 4.98 Å². The number of likely N-dealkylation sites (tertiary alicyclic amines) is 1. The van der Waals surface area contributed by atoms with Crippen molar-refractivity contribution in [2.75, 3.05) is 20.1 Å². The van der Waals surface area contributed by atoms with E-state index in [0.717, 1.165) is 32.2 Å². The Hall–Kier alpha value is -1.85. The molecule has 0 bridgehead atoms. The largest absolute Gasteiger partial charge is 0.359 e. The highest BCUT2D eigenvalue weighted by Crippen LogP contribution is 2.49. The molecule has 2 amide bonds. The van der Waals surface area contributed by atoms with Gasteiger partial charge in [0, 0.05) is 44.7 Å². The van der Waals surface area contributed by atoms with Crippen LogP contribution in [0.4, 0.5) is 0 Å². The first-order chi connectivity index (χ1) is 10.1. The number of amides is 2. The molecule has 1 aliphatic heterocycles. The number of aryl methyl sites for hydroxylation is 1. The molecular weight excluding hydrogens is 268 g/mol. The van der Waals surface area contributed by atoms with Gasteiger partial charge in [-0.05, 0) is 19.3 Å². The molecule has 6 nitrogen and oxygen atoms in total. The summed E-state index contributed by atoms with van der Waals surface area (Å²) in [5.41, 5.74) is 0.467. The van der Waals surface area contributed by atoms with Gasteiger partial charge in [-0.2, -0.15) is 0 Å². The summed E-state index contributed by atoms with van der Waals surface area (Å²) in [6.45, 7) is 1.41. The standard InChI is InChI=1S/C15H22N4O2/c1-16-13(20)11-4-3-5-15(11)6-7-19(9-15)14(21)12-8-18(2)10-17-12/h8,10-11H,3-7,9H2,1-2H3,(H,16,20)/t11-,15+/m0/s1. The maximum atomic E-state index is 12.5. The Labute approximate surface area is 124 Å². The smallest absolute Gasteiger partial charge is 0.274 e. The van der Waals surface area contributed by atoms with Crippen LogP contribution in [0.15, 0.2) is 12.5 Å². The van der Waals surface area contributed by atoms with Gasteiger partial charge in [0.05, 0.1) is 6.33 Å². The van der Waals surface area contributed by atoms with Crippen LogP contribution in [0.25, 0.3) is 0 Å². The summed E-state index contributed by atoms with van der Waals surface area (Å²) in [6, 6.07) is 0. The molecule has 1 aromatic heterocycles. The van der Waals surface area contributed by atoms with Crippen molar-refractivity contribution >= 4 is 11.8 Å². The highest BCUT2D eigenvalue weighted by atomic mass is 16.2. The Balaban J connectivity index is 1.75. The van der Waals surface area contributed by atoms with E-state index in [1.807, 2.05) is 11.9 Å². The molecule has 114 valence electrons. The third kappa shape index (κ3) is 2.32. The third-order valence-electron chi connectivity index (χ3n) is 5.07. The lowest BCUT2D eigenvalue weighted by molar-refractivity contribution is -0.127. The monoisotopic (exact) mass is 290 g/mol. The van der Waals surface area contributed by atoms with Crippen LogP contribution in [0.5, 0.6) is 0 Å². The topological polar surface area (TPSA) is 67.2 Å². The number of aromatic nitrogens is 2. The van der Waals surface area contributed by atoms with E-state index in [1.165, 1.54) is 0 Å². The zero-order valence-corrected chi connectivity index (χ0v) is 12.6. The molecule has 0 radical (unpaired) electrons. The third-order valence-corrected chi connectivity index (χ3v) is 5.07. The average Bonchev–Trinajstić information content (AvgIpc) is 3.19. The maximum Gasteiger partial charge on any atom is 0.274 e. The number of carbonyl (C=O) groups excluding carboxylic acids is 2. The Morgan fingerprint density at radius 2 is 2.24 bits per heavy atom. The Morgan fingerprint density at radius 1 is 1.43 bits per heavy atom. The van der Waals surface area contributed by atoms with Gasteiger partial charge in [-0.3, -0.25) is 9.59 Å². The Bertz CT molecular complexity index is 568. The molecule has 2 heterocycles. The van der Waals surface area contributed by atoms with E-state index in [0.29, 0.717) is 12.2 Å². The summed E-state index contributed by atoms with van der Waals surface area (Å²) in [4.78, 5) is 30.6. The minimum absolute atomic E-state index is 0.0185. The number of hydrogen-bond acceptors (Lipinski definition) is 3. The first-order valence-corrected chi connectivity index (χ1v) is 7.54. The van der Waals surface area contributed by atoms with Gasteiger partial charge in [0.15, 0.2) is 0 Å². The van der Waals surface area contributed by atoms with Crippen molar-refractivity contribution in [2.45, 2.75) is 25.7 Å². The summed E-state index contributed by atoms with van der Waals surface area (Å²) < 4.78 is 1.78. The molecule has 1 aromatic rings. The molecule has 0 aromatic carbocycles. The quantitative estimate of drug-likeness (QED) is 0.876. The zero-order valence-electron chi connectivity index (χ0n) is 12.6. The summed E-state index contributed by atoms with van der Waals surface area (Å²) in [5, 5.41) is 2.78. The van der Waals surface area contributed by atoms with Gasteiger partial charge in [0.25, 0.3) is 5.91 Å². The molecule has 21 heavy (non-hydrogen) atoms. The zero-order chi connectivity index (χ0) is 15.0. The number of hydrogen-bond donors (Lipinski definition) is 1. The number of nitrogens with one attached hydrogen (secondary N) is 1. The van der Waals surface area contributed by atoms with Gasteiger partial charge < -0.3 is 14.8 Å². The Kier molecular flexibility index (Phi) is 3.47. The molecule has 1 aliphatic carbocycles. The lowest BCUT2D eigenvalue weighted by Crippen LogP contribution is -2.40. The van der Waals surface area contributed by atoms with E-state index in [2.05, 4.69) is 10.3 Å². The molecule has 6 heteroatoms. The second-order valence-corrected chi connectivity index (χ2v) is 6.32. The van der Waals surface area contributed by atoms with Crippen LogP contribution in [0.1, 0.15) is 36.2 Å². The molecule has 0 unspecified atom stereocenters. The molecule has 2 fully saturated rings. The lowest BCUT2D eigenvalue weighted by Gasteiger charge is -2.30. The predicted molar refractivity (Wildman–Crippen MR) is 77.6 cm³/mol. The first-order valence-electron chi connectivity index (χ1n) is 7.54. The maximum absolute atomic E-state index is 12.5. The van der Waals surface area contributed by atoms with E-state index < -0.39 is 0 Å². The molecule has 1 spiro atoms. The van der Waals surface area contributed by atoms with E-state index >= 15 is 0 Å². The molecule has 1 saturated heterocycles. The van der Waals surface area contributed by atoms with Crippen molar-refractivity contribution < 1.29 is 9.59 Å². The van der Waals surface area contributed by atoms with Crippen molar-refractivity contribution in [1.82, 2.24) is 19.8 Å². The number of rotatable bonds is 2. The average molecular weight is 290 g/mol. The van der Waals surface area contributed by atoms with Crippen LogP contribution in [0.3, 0.4) is 0 Å². The van der Waals surface area contributed by atoms with E-state index in [4.69, 9.17) is 0 Å². The molecule has 2 atom stereocenters. The predicted octanol–water partition coefficient (Wildman–Crippen LogP) is 0.798. The van der Waals surface area contributed by atoms with Gasteiger partial charge in [-0.15, -0.1) is 0 Å². The van der Waals surface area contributed by atoms with Gasteiger partial charge in [0.2, 0.25) is 5.91 Å². The van der Waals surface area contributed by atoms with Crippen LogP contribution in [0.2, 0.25) is 0 Å². The summed E-state index contributed by atoms with van der Waals surface area (Å²) >= 11 is 0. The highest BCUT2D eigenvalue weighted by molar-refractivity contribution is 5.92. The van der Waals surface area contributed by atoms with Crippen molar-refractivity contribution in [3.05, 3.63) is 18.2 Å². The van der Waals surface area contributed by atoms with Crippen molar-refractivity contribution in [1.29, 1.82) is 0 Å². The second-order valence-electron chi connectivity index (χ2n) is 6.32. The molecular formula is C15H22N4O2. The van der Waals surface area contributed by atoms with E-state index in [9.17, 15) is 9.59 Å². The van der Waals surface area contributed by atoms with Crippen LogP contribution in [-0.4, -0.2) is 46.4 Å². The van der Waals surface area contributed by atoms with Gasteiger partial charge in [0.1, 0.15) is 5.69 Å².